The molecule has 1 N–H and O–H groups in total. The summed E-state index contributed by atoms with van der Waals surface area (Å²) in [7, 11) is 1.66. The lowest BCUT2D eigenvalue weighted by Crippen LogP contribution is -2.38. The Kier molecular flexibility index (Phi) is 5.46. The van der Waals surface area contributed by atoms with Crippen molar-refractivity contribution in [1.82, 2.24) is 0 Å². The molecule has 1 saturated heterocycles. The molecule has 0 bridgehead atoms. The molecule has 0 unspecified atom stereocenters. The molecule has 1 aliphatic heterocycles. The minimum absolute atomic E-state index is 0.108. The van der Waals surface area contributed by atoms with Crippen LogP contribution in [0.4, 0.5) is 0 Å². The Balaban J connectivity index is 2.17. The van der Waals surface area contributed by atoms with Crippen LogP contribution in [-0.2, 0) is 16.0 Å². The number of hydrogen-bond donors (Lipinski definition) is 1. The quantitative estimate of drug-likeness (QED) is 0.873. The van der Waals surface area contributed by atoms with Gasteiger partial charge in [0.25, 0.3) is 0 Å². The Labute approximate surface area is 132 Å². The van der Waals surface area contributed by atoms with Gasteiger partial charge in [-0.15, -0.1) is 0 Å². The van der Waals surface area contributed by atoms with Crippen LogP contribution in [0.15, 0.2) is 24.3 Å². The first kappa shape index (κ1) is 16.8. The molecule has 0 saturated carbocycles. The molecule has 1 aromatic carbocycles. The second kappa shape index (κ2) is 7.14. The van der Waals surface area contributed by atoms with Crippen molar-refractivity contribution in [1.29, 1.82) is 0 Å². The van der Waals surface area contributed by atoms with Crippen molar-refractivity contribution in [3.05, 3.63) is 29.8 Å². The zero-order valence-corrected chi connectivity index (χ0v) is 13.7. The van der Waals surface area contributed by atoms with Gasteiger partial charge < -0.3 is 14.6 Å². The molecule has 1 heterocycles. The third-order valence-electron chi connectivity index (χ3n) is 4.51. The Morgan fingerprint density at radius 1 is 1.45 bits per heavy atom. The van der Waals surface area contributed by atoms with Crippen molar-refractivity contribution in [2.24, 2.45) is 11.8 Å². The Bertz CT molecular complexity index is 510. The number of carbonyl (C=O) groups is 1. The van der Waals surface area contributed by atoms with Crippen LogP contribution >= 0.6 is 0 Å². The molecule has 1 aliphatic rings. The van der Waals surface area contributed by atoms with Crippen LogP contribution in [0.25, 0.3) is 0 Å². The zero-order chi connectivity index (χ0) is 16.2. The van der Waals surface area contributed by atoms with Crippen molar-refractivity contribution < 1.29 is 19.4 Å². The Hall–Kier alpha value is -1.55. The van der Waals surface area contributed by atoms with Crippen LogP contribution in [0.2, 0.25) is 0 Å². The largest absolute Gasteiger partial charge is 0.496 e. The highest BCUT2D eigenvalue weighted by molar-refractivity contribution is 5.67. The summed E-state index contributed by atoms with van der Waals surface area (Å²) >= 11 is 0. The predicted molar refractivity (Wildman–Crippen MR) is 85.2 cm³/mol. The van der Waals surface area contributed by atoms with Gasteiger partial charge in [0, 0.05) is 13.0 Å². The smallest absolute Gasteiger partial charge is 0.303 e. The first-order valence-corrected chi connectivity index (χ1v) is 7.89. The fourth-order valence-corrected chi connectivity index (χ4v) is 3.47. The van der Waals surface area contributed by atoms with Crippen molar-refractivity contribution in [3.8, 4) is 5.75 Å². The monoisotopic (exact) mass is 306 g/mol. The van der Waals surface area contributed by atoms with Gasteiger partial charge in [-0.25, -0.2) is 0 Å². The highest BCUT2D eigenvalue weighted by Crippen LogP contribution is 2.37. The van der Waals surface area contributed by atoms with Crippen LogP contribution < -0.4 is 4.74 Å². The molecular weight excluding hydrogens is 280 g/mol. The first-order chi connectivity index (χ1) is 10.4. The lowest BCUT2D eigenvalue weighted by molar-refractivity contribution is -0.140. The first-order valence-electron chi connectivity index (χ1n) is 7.89. The molecule has 0 radical (unpaired) electrons. The van der Waals surface area contributed by atoms with Gasteiger partial charge in [-0.1, -0.05) is 18.2 Å². The molecule has 2 rings (SSSR count). The van der Waals surface area contributed by atoms with E-state index in [0.717, 1.165) is 30.6 Å². The summed E-state index contributed by atoms with van der Waals surface area (Å²) in [4.78, 5) is 11.3. The van der Waals surface area contributed by atoms with Crippen LogP contribution in [0.5, 0.6) is 5.75 Å². The fraction of sp³-hybridized carbons (Fsp3) is 0.611. The number of aliphatic carboxylic acids is 1. The molecule has 122 valence electrons. The number of carboxylic acid groups (broad SMARTS) is 1. The standard InChI is InChI=1S/C18H26O4/c1-18(2)12-14(8-9-22-18)15(11-17(19)20)10-13-6-4-5-7-16(13)21-3/h4-7,14-15H,8-12H2,1-3H3,(H,19,20)/t14-,15-/m1/s1. The number of carboxylic acids is 1. The van der Waals surface area contributed by atoms with Gasteiger partial charge in [-0.05, 0) is 56.6 Å². The predicted octanol–water partition coefficient (Wildman–Crippen LogP) is 3.53. The average Bonchev–Trinajstić information content (AvgIpc) is 2.45. The molecular formula is C18H26O4. The van der Waals surface area contributed by atoms with E-state index in [-0.39, 0.29) is 17.9 Å². The van der Waals surface area contributed by atoms with E-state index < -0.39 is 5.97 Å². The van der Waals surface area contributed by atoms with Crippen LogP contribution in [0, 0.1) is 11.8 Å². The molecule has 4 heteroatoms. The van der Waals surface area contributed by atoms with Crippen LogP contribution in [0.3, 0.4) is 0 Å². The van der Waals surface area contributed by atoms with E-state index >= 15 is 0 Å². The maximum atomic E-state index is 11.3. The van der Waals surface area contributed by atoms with E-state index in [2.05, 4.69) is 13.8 Å². The topological polar surface area (TPSA) is 55.8 Å². The summed E-state index contributed by atoms with van der Waals surface area (Å²) < 4.78 is 11.2. The summed E-state index contributed by atoms with van der Waals surface area (Å²) in [6, 6.07) is 7.87. The van der Waals surface area contributed by atoms with Gasteiger partial charge in [-0.3, -0.25) is 4.79 Å². The van der Waals surface area contributed by atoms with Gasteiger partial charge in [0.15, 0.2) is 0 Å². The lowest BCUT2D eigenvalue weighted by Gasteiger charge is -2.39. The number of rotatable bonds is 6. The van der Waals surface area contributed by atoms with Gasteiger partial charge in [-0.2, -0.15) is 0 Å². The summed E-state index contributed by atoms with van der Waals surface area (Å²) in [6.45, 7) is 4.87. The van der Waals surface area contributed by atoms with E-state index in [4.69, 9.17) is 9.47 Å². The van der Waals surface area contributed by atoms with E-state index in [0.29, 0.717) is 12.5 Å². The fourth-order valence-electron chi connectivity index (χ4n) is 3.47. The molecule has 0 amide bonds. The van der Waals surface area contributed by atoms with E-state index in [9.17, 15) is 9.90 Å². The number of para-hydroxylation sites is 1. The van der Waals surface area contributed by atoms with Gasteiger partial charge in [0.1, 0.15) is 5.75 Å². The summed E-state index contributed by atoms with van der Waals surface area (Å²) in [5, 5.41) is 9.29. The van der Waals surface area contributed by atoms with Gasteiger partial charge >= 0.3 is 5.97 Å². The highest BCUT2D eigenvalue weighted by atomic mass is 16.5. The molecule has 4 nitrogen and oxygen atoms in total. The number of methoxy groups -OCH3 is 1. The van der Waals surface area contributed by atoms with Crippen molar-refractivity contribution in [2.75, 3.05) is 13.7 Å². The highest BCUT2D eigenvalue weighted by Gasteiger charge is 2.34. The van der Waals surface area contributed by atoms with E-state index in [1.165, 1.54) is 0 Å². The molecule has 0 spiro atoms. The SMILES string of the molecule is COc1ccccc1C[C@H](CC(=O)O)[C@@H]1CCOC(C)(C)C1. The van der Waals surface area contributed by atoms with E-state index in [1.807, 2.05) is 24.3 Å². The molecule has 1 aromatic rings. The summed E-state index contributed by atoms with van der Waals surface area (Å²) in [6.07, 6.45) is 2.76. The van der Waals surface area contributed by atoms with Gasteiger partial charge in [0.2, 0.25) is 0 Å². The zero-order valence-electron chi connectivity index (χ0n) is 13.7. The summed E-state index contributed by atoms with van der Waals surface area (Å²) in [5.41, 5.74) is 0.918. The minimum Gasteiger partial charge on any atom is -0.496 e. The maximum absolute atomic E-state index is 11.3. The van der Waals surface area contributed by atoms with Crippen molar-refractivity contribution >= 4 is 5.97 Å². The summed E-state index contributed by atoms with van der Waals surface area (Å²) in [5.74, 6) is 0.579. The lowest BCUT2D eigenvalue weighted by atomic mass is 9.75. The second-order valence-corrected chi connectivity index (χ2v) is 6.73. The second-order valence-electron chi connectivity index (χ2n) is 6.73. The molecule has 0 aromatic heterocycles. The minimum atomic E-state index is -0.732. The van der Waals surface area contributed by atoms with E-state index in [1.54, 1.807) is 7.11 Å². The van der Waals surface area contributed by atoms with Crippen molar-refractivity contribution in [3.63, 3.8) is 0 Å². The number of hydrogen-bond acceptors (Lipinski definition) is 3. The van der Waals surface area contributed by atoms with Gasteiger partial charge in [0.05, 0.1) is 12.7 Å². The number of benzene rings is 1. The maximum Gasteiger partial charge on any atom is 0.303 e. The third-order valence-corrected chi connectivity index (χ3v) is 4.51. The molecule has 2 atom stereocenters. The van der Waals surface area contributed by atoms with Crippen LogP contribution in [-0.4, -0.2) is 30.4 Å². The third kappa shape index (κ3) is 4.47. The van der Waals surface area contributed by atoms with Crippen molar-refractivity contribution in [2.45, 2.75) is 45.1 Å². The average molecular weight is 306 g/mol. The normalized spacial score (nSPS) is 22.0. The Morgan fingerprint density at radius 3 is 2.82 bits per heavy atom. The number of ether oxygens (including phenoxy) is 2. The Morgan fingerprint density at radius 2 is 2.18 bits per heavy atom. The van der Waals surface area contributed by atoms with Crippen LogP contribution in [0.1, 0.15) is 38.7 Å². The molecule has 1 fully saturated rings. The molecule has 22 heavy (non-hydrogen) atoms. The molecule has 0 aliphatic carbocycles.